The lowest BCUT2D eigenvalue weighted by atomic mass is 10.1. The third-order valence-electron chi connectivity index (χ3n) is 4.20. The van der Waals surface area contributed by atoms with Crippen molar-refractivity contribution in [1.29, 1.82) is 0 Å². The molecule has 1 aromatic carbocycles. The summed E-state index contributed by atoms with van der Waals surface area (Å²) in [7, 11) is 1.87. The zero-order chi connectivity index (χ0) is 15.7. The first kappa shape index (κ1) is 15.1. The Labute approximate surface area is 128 Å². The van der Waals surface area contributed by atoms with Gasteiger partial charge in [-0.15, -0.1) is 0 Å². The van der Waals surface area contributed by atoms with Gasteiger partial charge in [0.2, 0.25) is 0 Å². The van der Waals surface area contributed by atoms with Gasteiger partial charge in [-0.1, -0.05) is 6.07 Å². The summed E-state index contributed by atoms with van der Waals surface area (Å²) in [5.41, 5.74) is 1.24. The Hall–Kier alpha value is -1.79. The van der Waals surface area contributed by atoms with E-state index in [1.165, 1.54) is 12.1 Å². The maximum Gasteiger partial charge on any atom is 0.131 e. The average molecular weight is 307 g/mol. The Morgan fingerprint density at radius 2 is 2.23 bits per heavy atom. The van der Waals surface area contributed by atoms with Crippen LogP contribution in [0.1, 0.15) is 36.1 Å². The minimum atomic E-state index is -0.974. The van der Waals surface area contributed by atoms with Crippen LogP contribution in [0.2, 0.25) is 0 Å². The Kier molecular flexibility index (Phi) is 4.22. The van der Waals surface area contributed by atoms with Crippen molar-refractivity contribution in [3.63, 3.8) is 0 Å². The van der Waals surface area contributed by atoms with E-state index in [9.17, 15) is 13.9 Å². The predicted molar refractivity (Wildman–Crippen MR) is 78.1 cm³/mol. The zero-order valence-corrected chi connectivity index (χ0v) is 12.4. The second-order valence-electron chi connectivity index (χ2n) is 5.78. The van der Waals surface area contributed by atoms with E-state index < -0.39 is 17.7 Å². The molecule has 6 heteroatoms. The van der Waals surface area contributed by atoms with Gasteiger partial charge in [0.15, 0.2) is 0 Å². The number of hydrogen-bond acceptors (Lipinski definition) is 3. The fourth-order valence-corrected chi connectivity index (χ4v) is 3.13. The normalized spacial score (nSPS) is 20.5. The Bertz CT molecular complexity index is 659. The fourth-order valence-electron chi connectivity index (χ4n) is 3.13. The summed E-state index contributed by atoms with van der Waals surface area (Å²) in [5, 5.41) is 14.5. The van der Waals surface area contributed by atoms with Gasteiger partial charge in [0, 0.05) is 43.0 Å². The van der Waals surface area contributed by atoms with Crippen LogP contribution in [0.3, 0.4) is 0 Å². The Balaban J connectivity index is 1.73. The minimum absolute atomic E-state index is 0.137. The van der Waals surface area contributed by atoms with Crippen LogP contribution >= 0.6 is 0 Å². The number of benzene rings is 1. The molecular weight excluding hydrogens is 288 g/mol. The number of hydrogen-bond donors (Lipinski definition) is 1. The van der Waals surface area contributed by atoms with Crippen molar-refractivity contribution >= 4 is 0 Å². The molecule has 1 aliphatic heterocycles. The van der Waals surface area contributed by atoms with Crippen LogP contribution < -0.4 is 0 Å². The van der Waals surface area contributed by atoms with Gasteiger partial charge in [-0.2, -0.15) is 5.10 Å². The number of aromatic nitrogens is 2. The quantitative estimate of drug-likeness (QED) is 0.944. The highest BCUT2D eigenvalue weighted by Gasteiger charge is 2.29. The number of rotatable bonds is 4. The number of aryl methyl sites for hydroxylation is 1. The highest BCUT2D eigenvalue weighted by atomic mass is 19.1. The molecule has 0 aliphatic carbocycles. The molecule has 1 aliphatic rings. The van der Waals surface area contributed by atoms with Crippen LogP contribution in [0.25, 0.3) is 0 Å². The van der Waals surface area contributed by atoms with E-state index >= 15 is 0 Å². The van der Waals surface area contributed by atoms with Gasteiger partial charge in [0.05, 0.1) is 12.3 Å². The Morgan fingerprint density at radius 3 is 2.91 bits per heavy atom. The highest BCUT2D eigenvalue weighted by Crippen LogP contribution is 2.33. The van der Waals surface area contributed by atoms with Gasteiger partial charge in [0.25, 0.3) is 0 Å². The third kappa shape index (κ3) is 3.03. The summed E-state index contributed by atoms with van der Waals surface area (Å²) in [6.07, 6.45) is 4.84. The number of β-amino-alcohol motifs (C(OH)–C–C–N with tert-alkyl or cyclic N) is 1. The minimum Gasteiger partial charge on any atom is -0.387 e. The van der Waals surface area contributed by atoms with Gasteiger partial charge in [-0.05, 0) is 25.5 Å². The first-order valence-electron chi connectivity index (χ1n) is 7.40. The lowest BCUT2D eigenvalue weighted by Crippen LogP contribution is -2.28. The molecule has 4 nitrogen and oxygen atoms in total. The van der Waals surface area contributed by atoms with Gasteiger partial charge >= 0.3 is 0 Å². The lowest BCUT2D eigenvalue weighted by Gasteiger charge is -2.26. The average Bonchev–Trinajstić information content (AvgIpc) is 3.07. The summed E-state index contributed by atoms with van der Waals surface area (Å²) in [5.74, 6) is -1.34. The molecule has 2 heterocycles. The van der Waals surface area contributed by atoms with Crippen LogP contribution in [0.15, 0.2) is 30.6 Å². The molecule has 0 radical (unpaired) electrons. The first-order chi connectivity index (χ1) is 10.5. The van der Waals surface area contributed by atoms with E-state index in [-0.39, 0.29) is 11.6 Å². The molecule has 3 rings (SSSR count). The number of nitrogens with zero attached hydrogens (tertiary/aromatic N) is 3. The maximum absolute atomic E-state index is 13.8. The second kappa shape index (κ2) is 6.14. The smallest absolute Gasteiger partial charge is 0.131 e. The third-order valence-corrected chi connectivity index (χ3v) is 4.20. The molecule has 2 aromatic rings. The monoisotopic (exact) mass is 307 g/mol. The van der Waals surface area contributed by atoms with Crippen LogP contribution in [-0.2, 0) is 7.05 Å². The molecule has 1 saturated heterocycles. The van der Waals surface area contributed by atoms with E-state index in [4.69, 9.17) is 0 Å². The standard InChI is InChI=1S/C16H19F2N3O/c1-20-9-11(8-19-20)15-3-2-6-21(15)10-16(22)13-5-4-12(17)7-14(13)18/h4-5,7-9,15-16,22H,2-3,6,10H2,1H3/t15-,16+/m0/s1. The van der Waals surface area contributed by atoms with E-state index in [1.807, 2.05) is 19.4 Å². The number of halogens is 2. The molecule has 22 heavy (non-hydrogen) atoms. The van der Waals surface area contributed by atoms with Gasteiger partial charge < -0.3 is 5.11 Å². The summed E-state index contributed by atoms with van der Waals surface area (Å²) < 4.78 is 28.5. The SMILES string of the molecule is Cn1cc([C@@H]2CCCN2C[C@@H](O)c2ccc(F)cc2F)cn1. The fraction of sp³-hybridized carbons (Fsp3) is 0.438. The Morgan fingerprint density at radius 1 is 1.41 bits per heavy atom. The van der Waals surface area contributed by atoms with Crippen LogP contribution in [0.5, 0.6) is 0 Å². The summed E-state index contributed by atoms with van der Waals surface area (Å²) in [4.78, 5) is 2.13. The van der Waals surface area contributed by atoms with Crippen molar-refractivity contribution in [2.24, 2.45) is 7.05 Å². The van der Waals surface area contributed by atoms with Crippen molar-refractivity contribution in [2.75, 3.05) is 13.1 Å². The van der Waals surface area contributed by atoms with Gasteiger partial charge in [-0.25, -0.2) is 8.78 Å². The molecule has 0 bridgehead atoms. The first-order valence-corrected chi connectivity index (χ1v) is 7.40. The second-order valence-corrected chi connectivity index (χ2v) is 5.78. The molecule has 0 unspecified atom stereocenters. The van der Waals surface area contributed by atoms with Crippen LogP contribution in [0, 0.1) is 11.6 Å². The number of aliphatic hydroxyl groups is 1. The van der Waals surface area contributed by atoms with Crippen LogP contribution in [-0.4, -0.2) is 32.9 Å². The van der Waals surface area contributed by atoms with Gasteiger partial charge in [-0.3, -0.25) is 9.58 Å². The summed E-state index contributed by atoms with van der Waals surface area (Å²) >= 11 is 0. The number of aliphatic hydroxyl groups excluding tert-OH is 1. The van der Waals surface area contributed by atoms with E-state index in [1.54, 1.807) is 4.68 Å². The van der Waals surface area contributed by atoms with E-state index in [2.05, 4.69) is 10.00 Å². The topological polar surface area (TPSA) is 41.3 Å². The largest absolute Gasteiger partial charge is 0.387 e. The van der Waals surface area contributed by atoms with Gasteiger partial charge in [0.1, 0.15) is 11.6 Å². The van der Waals surface area contributed by atoms with Crippen molar-refractivity contribution in [1.82, 2.24) is 14.7 Å². The zero-order valence-electron chi connectivity index (χ0n) is 12.4. The summed E-state index contributed by atoms with van der Waals surface area (Å²) in [6.45, 7) is 1.17. The van der Waals surface area contributed by atoms with Crippen molar-refractivity contribution in [2.45, 2.75) is 25.0 Å². The van der Waals surface area contributed by atoms with E-state index in [0.717, 1.165) is 31.0 Å². The molecule has 0 saturated carbocycles. The van der Waals surface area contributed by atoms with Crippen molar-refractivity contribution in [3.05, 3.63) is 53.4 Å². The van der Waals surface area contributed by atoms with Crippen molar-refractivity contribution < 1.29 is 13.9 Å². The highest BCUT2D eigenvalue weighted by molar-refractivity contribution is 5.21. The molecule has 1 fully saturated rings. The number of likely N-dealkylation sites (tertiary alicyclic amines) is 1. The molecule has 1 aromatic heterocycles. The van der Waals surface area contributed by atoms with E-state index in [0.29, 0.717) is 6.54 Å². The molecule has 118 valence electrons. The predicted octanol–water partition coefficient (Wildman–Crippen LogP) is 2.57. The molecule has 0 amide bonds. The van der Waals surface area contributed by atoms with Crippen LogP contribution in [0.4, 0.5) is 8.78 Å². The van der Waals surface area contributed by atoms with Crippen molar-refractivity contribution in [3.8, 4) is 0 Å². The molecular formula is C16H19F2N3O. The summed E-state index contributed by atoms with van der Waals surface area (Å²) in [6, 6.07) is 3.47. The maximum atomic E-state index is 13.8. The molecule has 0 spiro atoms. The lowest BCUT2D eigenvalue weighted by molar-refractivity contribution is 0.103. The molecule has 1 N–H and O–H groups in total. The molecule has 2 atom stereocenters.